The van der Waals surface area contributed by atoms with E-state index in [2.05, 4.69) is 5.32 Å². The number of hydrogen-bond donors (Lipinski definition) is 1. The zero-order valence-electron chi connectivity index (χ0n) is 16.3. The molecule has 146 valence electrons. The molecule has 0 spiro atoms. The standard InChI is InChI=1S/C22H24N2O4/c1-4-13-28-17-11-9-15(10-12-17)19-20(22(26)24(3)21(19)25)23-16-7-6-8-18(14-16)27-5-2/h6-12,14,23H,4-5,13H2,1-3H3. The van der Waals surface area contributed by atoms with Gasteiger partial charge in [0.05, 0.1) is 18.8 Å². The molecule has 2 aromatic carbocycles. The number of nitrogens with one attached hydrogen (secondary N) is 1. The van der Waals surface area contributed by atoms with Gasteiger partial charge >= 0.3 is 0 Å². The Morgan fingerprint density at radius 1 is 0.929 bits per heavy atom. The Morgan fingerprint density at radius 3 is 2.36 bits per heavy atom. The summed E-state index contributed by atoms with van der Waals surface area (Å²) in [5, 5.41) is 3.10. The summed E-state index contributed by atoms with van der Waals surface area (Å²) in [6, 6.07) is 14.5. The summed E-state index contributed by atoms with van der Waals surface area (Å²) in [6.45, 7) is 5.12. The van der Waals surface area contributed by atoms with Gasteiger partial charge in [-0.15, -0.1) is 0 Å². The van der Waals surface area contributed by atoms with Gasteiger partial charge in [-0.05, 0) is 43.2 Å². The van der Waals surface area contributed by atoms with Crippen LogP contribution in [0.25, 0.3) is 5.57 Å². The van der Waals surface area contributed by atoms with E-state index in [1.165, 1.54) is 7.05 Å². The number of nitrogens with zero attached hydrogens (tertiary/aromatic N) is 1. The first kappa shape index (κ1) is 19.5. The zero-order valence-corrected chi connectivity index (χ0v) is 16.3. The molecule has 1 aliphatic rings. The second-order valence-corrected chi connectivity index (χ2v) is 6.38. The fourth-order valence-electron chi connectivity index (χ4n) is 2.94. The van der Waals surface area contributed by atoms with Crippen molar-refractivity contribution in [2.24, 2.45) is 0 Å². The van der Waals surface area contributed by atoms with E-state index in [4.69, 9.17) is 9.47 Å². The third-order valence-electron chi connectivity index (χ3n) is 4.32. The molecule has 0 radical (unpaired) electrons. The largest absolute Gasteiger partial charge is 0.494 e. The number of likely N-dealkylation sites (N-methyl/N-ethyl adjacent to an activating group) is 1. The van der Waals surface area contributed by atoms with Crippen LogP contribution in [0.15, 0.2) is 54.2 Å². The number of imide groups is 1. The van der Waals surface area contributed by atoms with Crippen LogP contribution >= 0.6 is 0 Å². The van der Waals surface area contributed by atoms with Crippen molar-refractivity contribution >= 4 is 23.1 Å². The van der Waals surface area contributed by atoms with Crippen molar-refractivity contribution < 1.29 is 19.1 Å². The Morgan fingerprint density at radius 2 is 1.68 bits per heavy atom. The number of carbonyl (C=O) groups excluding carboxylic acids is 2. The zero-order chi connectivity index (χ0) is 20.1. The van der Waals surface area contributed by atoms with Crippen LogP contribution < -0.4 is 14.8 Å². The highest BCUT2D eigenvalue weighted by Gasteiger charge is 2.36. The van der Waals surface area contributed by atoms with E-state index in [-0.39, 0.29) is 17.5 Å². The Hall–Kier alpha value is -3.28. The molecule has 0 saturated heterocycles. The highest BCUT2D eigenvalue weighted by atomic mass is 16.5. The lowest BCUT2D eigenvalue weighted by Crippen LogP contribution is -2.27. The SMILES string of the molecule is CCCOc1ccc(C2=C(Nc3cccc(OCC)c3)C(=O)N(C)C2=O)cc1. The van der Waals surface area contributed by atoms with E-state index < -0.39 is 0 Å². The Balaban J connectivity index is 1.94. The van der Waals surface area contributed by atoms with Crippen LogP contribution in [0.1, 0.15) is 25.8 Å². The minimum absolute atomic E-state index is 0.253. The first-order valence-electron chi connectivity index (χ1n) is 9.35. The van der Waals surface area contributed by atoms with Gasteiger partial charge in [0.15, 0.2) is 0 Å². The number of benzene rings is 2. The highest BCUT2D eigenvalue weighted by Crippen LogP contribution is 2.31. The lowest BCUT2D eigenvalue weighted by Gasteiger charge is -2.11. The van der Waals surface area contributed by atoms with Gasteiger partial charge in [-0.2, -0.15) is 0 Å². The average Bonchev–Trinajstić information content (AvgIpc) is 2.91. The van der Waals surface area contributed by atoms with Crippen molar-refractivity contribution in [3.63, 3.8) is 0 Å². The summed E-state index contributed by atoms with van der Waals surface area (Å²) in [5.41, 5.74) is 1.94. The number of rotatable bonds is 8. The van der Waals surface area contributed by atoms with Gasteiger partial charge in [0.25, 0.3) is 11.8 Å². The number of carbonyl (C=O) groups is 2. The minimum atomic E-state index is -0.367. The van der Waals surface area contributed by atoms with Crippen LogP contribution in [0.3, 0.4) is 0 Å². The van der Waals surface area contributed by atoms with E-state index in [0.29, 0.717) is 35.8 Å². The van der Waals surface area contributed by atoms with Crippen molar-refractivity contribution in [2.45, 2.75) is 20.3 Å². The van der Waals surface area contributed by atoms with Gasteiger partial charge in [0, 0.05) is 18.8 Å². The molecule has 0 saturated carbocycles. The molecule has 0 unspecified atom stereocenters. The maximum absolute atomic E-state index is 12.7. The van der Waals surface area contributed by atoms with Crippen molar-refractivity contribution in [3.8, 4) is 11.5 Å². The molecular weight excluding hydrogens is 356 g/mol. The molecule has 1 heterocycles. The van der Waals surface area contributed by atoms with Crippen molar-refractivity contribution in [1.82, 2.24) is 4.90 Å². The lowest BCUT2D eigenvalue weighted by atomic mass is 10.0. The summed E-state index contributed by atoms with van der Waals surface area (Å²) in [4.78, 5) is 26.5. The average molecular weight is 380 g/mol. The van der Waals surface area contributed by atoms with E-state index in [0.717, 1.165) is 17.1 Å². The number of ether oxygens (including phenoxy) is 2. The first-order valence-corrected chi connectivity index (χ1v) is 9.35. The van der Waals surface area contributed by atoms with E-state index in [1.807, 2.05) is 32.0 Å². The molecule has 6 nitrogen and oxygen atoms in total. The molecule has 0 aliphatic carbocycles. The Labute approximate surface area is 164 Å². The van der Waals surface area contributed by atoms with E-state index in [1.54, 1.807) is 30.3 Å². The molecule has 3 rings (SSSR count). The van der Waals surface area contributed by atoms with Crippen molar-refractivity contribution in [3.05, 3.63) is 59.8 Å². The Kier molecular flexibility index (Phi) is 5.99. The van der Waals surface area contributed by atoms with Gasteiger partial charge in [-0.1, -0.05) is 25.1 Å². The van der Waals surface area contributed by atoms with Crippen molar-refractivity contribution in [2.75, 3.05) is 25.6 Å². The third kappa shape index (κ3) is 4.01. The maximum Gasteiger partial charge on any atom is 0.277 e. The molecule has 0 atom stereocenters. The predicted octanol–water partition coefficient (Wildman–Crippen LogP) is 3.70. The van der Waals surface area contributed by atoms with E-state index in [9.17, 15) is 9.59 Å². The molecule has 0 fully saturated rings. The summed E-state index contributed by atoms with van der Waals surface area (Å²) in [5.74, 6) is 0.719. The molecular formula is C22H24N2O4. The number of anilines is 1. The van der Waals surface area contributed by atoms with Crippen LogP contribution in [0.5, 0.6) is 11.5 Å². The summed E-state index contributed by atoms with van der Waals surface area (Å²) < 4.78 is 11.1. The fraction of sp³-hybridized carbons (Fsp3) is 0.273. The quantitative estimate of drug-likeness (QED) is 0.708. The van der Waals surface area contributed by atoms with Gasteiger partial charge in [0.2, 0.25) is 0 Å². The smallest absolute Gasteiger partial charge is 0.277 e. The van der Waals surface area contributed by atoms with Crippen LogP contribution in [0, 0.1) is 0 Å². The molecule has 28 heavy (non-hydrogen) atoms. The molecule has 6 heteroatoms. The lowest BCUT2D eigenvalue weighted by molar-refractivity contribution is -0.135. The fourth-order valence-corrected chi connectivity index (χ4v) is 2.94. The van der Waals surface area contributed by atoms with Crippen LogP contribution in [-0.2, 0) is 9.59 Å². The molecule has 1 aliphatic heterocycles. The van der Waals surface area contributed by atoms with Crippen LogP contribution in [0.2, 0.25) is 0 Å². The molecule has 0 aromatic heterocycles. The van der Waals surface area contributed by atoms with Crippen molar-refractivity contribution in [1.29, 1.82) is 0 Å². The maximum atomic E-state index is 12.7. The minimum Gasteiger partial charge on any atom is -0.494 e. The molecule has 2 amide bonds. The number of amides is 2. The van der Waals surface area contributed by atoms with Gasteiger partial charge in [-0.25, -0.2) is 0 Å². The summed E-state index contributed by atoms with van der Waals surface area (Å²) in [6.07, 6.45) is 0.916. The van der Waals surface area contributed by atoms with Gasteiger partial charge in [0.1, 0.15) is 17.2 Å². The van der Waals surface area contributed by atoms with Gasteiger partial charge < -0.3 is 14.8 Å². The van der Waals surface area contributed by atoms with Gasteiger partial charge in [-0.3, -0.25) is 14.5 Å². The molecule has 0 bridgehead atoms. The normalized spacial score (nSPS) is 13.9. The second-order valence-electron chi connectivity index (χ2n) is 6.38. The van der Waals surface area contributed by atoms with E-state index >= 15 is 0 Å². The first-order chi connectivity index (χ1) is 13.5. The monoisotopic (exact) mass is 380 g/mol. The number of hydrogen-bond acceptors (Lipinski definition) is 5. The third-order valence-corrected chi connectivity index (χ3v) is 4.32. The molecule has 1 N–H and O–H groups in total. The predicted molar refractivity (Wildman–Crippen MR) is 108 cm³/mol. The topological polar surface area (TPSA) is 67.9 Å². The highest BCUT2D eigenvalue weighted by molar-refractivity contribution is 6.36. The second kappa shape index (κ2) is 8.61. The summed E-state index contributed by atoms with van der Waals surface area (Å²) in [7, 11) is 1.48. The molecule has 2 aromatic rings. The van der Waals surface area contributed by atoms with Crippen LogP contribution in [-0.4, -0.2) is 37.0 Å². The Bertz CT molecular complexity index is 903. The van der Waals surface area contributed by atoms with Crippen LogP contribution in [0.4, 0.5) is 5.69 Å². The summed E-state index contributed by atoms with van der Waals surface area (Å²) >= 11 is 0.